The van der Waals surface area contributed by atoms with E-state index < -0.39 is 17.2 Å². The number of benzene rings is 1. The summed E-state index contributed by atoms with van der Waals surface area (Å²) in [7, 11) is 0. The summed E-state index contributed by atoms with van der Waals surface area (Å²) in [4.78, 5) is 35.0. The lowest BCUT2D eigenvalue weighted by Crippen LogP contribution is -2.47. The van der Waals surface area contributed by atoms with E-state index in [0.29, 0.717) is 10.0 Å². The maximum absolute atomic E-state index is 11.8. The summed E-state index contributed by atoms with van der Waals surface area (Å²) in [6.07, 6.45) is 0. The van der Waals surface area contributed by atoms with Gasteiger partial charge in [0.15, 0.2) is 0 Å². The van der Waals surface area contributed by atoms with E-state index in [0.717, 1.165) is 0 Å². The number of nitrogens with one attached hydrogen (secondary N) is 3. The van der Waals surface area contributed by atoms with Gasteiger partial charge < -0.3 is 5.32 Å². The molecule has 0 bridgehead atoms. The van der Waals surface area contributed by atoms with Crippen LogP contribution in [0.2, 0.25) is 0 Å². The molecule has 0 atom stereocenters. The second-order valence-corrected chi connectivity index (χ2v) is 6.27. The van der Waals surface area contributed by atoms with Gasteiger partial charge >= 0.3 is 0 Å². The number of carbonyl (C=O) groups excluding carboxylic acids is 3. The smallest absolute Gasteiger partial charge is 0.270 e. The Labute approximate surface area is 131 Å². The Morgan fingerprint density at radius 3 is 2.29 bits per heavy atom. The van der Waals surface area contributed by atoms with Crippen LogP contribution in [-0.4, -0.2) is 24.3 Å². The van der Waals surface area contributed by atoms with Crippen LogP contribution < -0.4 is 16.2 Å². The van der Waals surface area contributed by atoms with Crippen LogP contribution in [0.5, 0.6) is 0 Å². The van der Waals surface area contributed by atoms with Crippen molar-refractivity contribution in [3.63, 3.8) is 0 Å². The van der Waals surface area contributed by atoms with Crippen LogP contribution in [-0.2, 0) is 9.59 Å². The fourth-order valence-electron chi connectivity index (χ4n) is 1.31. The summed E-state index contributed by atoms with van der Waals surface area (Å²) in [6, 6.07) is 6.83. The van der Waals surface area contributed by atoms with E-state index in [9.17, 15) is 14.4 Å². The molecular formula is C14H18BrN3O3. The summed E-state index contributed by atoms with van der Waals surface area (Å²) >= 11 is 3.24. The van der Waals surface area contributed by atoms with Crippen LogP contribution >= 0.6 is 15.9 Å². The second kappa shape index (κ2) is 7.21. The molecule has 1 aromatic carbocycles. The van der Waals surface area contributed by atoms with Crippen molar-refractivity contribution in [2.45, 2.75) is 20.8 Å². The molecule has 114 valence electrons. The zero-order valence-corrected chi connectivity index (χ0v) is 13.7. The summed E-state index contributed by atoms with van der Waals surface area (Å²) in [5.74, 6) is -1.19. The number of rotatable bonds is 3. The first-order chi connectivity index (χ1) is 9.71. The topological polar surface area (TPSA) is 87.3 Å². The van der Waals surface area contributed by atoms with Gasteiger partial charge in [0.05, 0.1) is 12.1 Å². The molecule has 0 heterocycles. The van der Waals surface area contributed by atoms with Gasteiger partial charge in [-0.15, -0.1) is 0 Å². The van der Waals surface area contributed by atoms with Crippen molar-refractivity contribution in [1.82, 2.24) is 16.2 Å². The largest absolute Gasteiger partial charge is 0.347 e. The highest BCUT2D eigenvalue weighted by Crippen LogP contribution is 2.15. The summed E-state index contributed by atoms with van der Waals surface area (Å²) in [6.45, 7) is 5.03. The van der Waals surface area contributed by atoms with Gasteiger partial charge in [0.2, 0.25) is 5.91 Å². The van der Waals surface area contributed by atoms with Crippen LogP contribution in [0.1, 0.15) is 31.1 Å². The molecule has 0 spiro atoms. The number of halogens is 1. The normalized spacial score (nSPS) is 10.7. The molecule has 21 heavy (non-hydrogen) atoms. The van der Waals surface area contributed by atoms with Gasteiger partial charge in [0, 0.05) is 9.89 Å². The van der Waals surface area contributed by atoms with E-state index >= 15 is 0 Å². The molecular weight excluding hydrogens is 338 g/mol. The SMILES string of the molecule is CC(C)(C)C(=O)NCC(=O)NNC(=O)c1ccccc1Br. The van der Waals surface area contributed by atoms with Crippen LogP contribution in [0.15, 0.2) is 28.7 Å². The molecule has 0 aliphatic rings. The van der Waals surface area contributed by atoms with Crippen molar-refractivity contribution in [3.05, 3.63) is 34.3 Å². The Hall–Kier alpha value is -1.89. The lowest BCUT2D eigenvalue weighted by Gasteiger charge is -2.17. The molecule has 6 nitrogen and oxygen atoms in total. The zero-order chi connectivity index (χ0) is 16.0. The number of hydrogen-bond donors (Lipinski definition) is 3. The van der Waals surface area contributed by atoms with Gasteiger partial charge in [-0.1, -0.05) is 32.9 Å². The van der Waals surface area contributed by atoms with Crippen molar-refractivity contribution in [2.24, 2.45) is 5.41 Å². The van der Waals surface area contributed by atoms with E-state index in [-0.39, 0.29) is 12.5 Å². The van der Waals surface area contributed by atoms with Crippen LogP contribution in [0.4, 0.5) is 0 Å². The van der Waals surface area contributed by atoms with Crippen molar-refractivity contribution >= 4 is 33.7 Å². The molecule has 0 aliphatic heterocycles. The number of hydrazine groups is 1. The number of carbonyl (C=O) groups is 3. The lowest BCUT2D eigenvalue weighted by atomic mass is 9.96. The molecule has 0 saturated carbocycles. The lowest BCUT2D eigenvalue weighted by molar-refractivity contribution is -0.131. The fraction of sp³-hybridized carbons (Fsp3) is 0.357. The third-order valence-electron chi connectivity index (χ3n) is 2.52. The van der Waals surface area contributed by atoms with Crippen molar-refractivity contribution < 1.29 is 14.4 Å². The molecule has 3 N–H and O–H groups in total. The first kappa shape index (κ1) is 17.2. The Kier molecular flexibility index (Phi) is 5.90. The van der Waals surface area contributed by atoms with Gasteiger partial charge in [0.1, 0.15) is 0 Å². The van der Waals surface area contributed by atoms with Gasteiger partial charge in [-0.25, -0.2) is 0 Å². The van der Waals surface area contributed by atoms with Crippen molar-refractivity contribution in [3.8, 4) is 0 Å². The molecule has 0 aromatic heterocycles. The maximum Gasteiger partial charge on any atom is 0.270 e. The molecule has 0 saturated heterocycles. The molecule has 0 aliphatic carbocycles. The van der Waals surface area contributed by atoms with E-state index in [1.165, 1.54) is 0 Å². The van der Waals surface area contributed by atoms with Gasteiger partial charge in [-0.3, -0.25) is 25.2 Å². The van der Waals surface area contributed by atoms with E-state index in [4.69, 9.17) is 0 Å². The monoisotopic (exact) mass is 355 g/mol. The molecule has 1 rings (SSSR count). The minimum Gasteiger partial charge on any atom is -0.347 e. The second-order valence-electron chi connectivity index (χ2n) is 5.41. The third kappa shape index (κ3) is 5.55. The quantitative estimate of drug-likeness (QED) is 0.715. The first-order valence-corrected chi connectivity index (χ1v) is 7.13. The van der Waals surface area contributed by atoms with Crippen LogP contribution in [0.3, 0.4) is 0 Å². The average Bonchev–Trinajstić information content (AvgIpc) is 2.41. The Bertz CT molecular complexity index is 553. The molecule has 0 radical (unpaired) electrons. The third-order valence-corrected chi connectivity index (χ3v) is 3.22. The molecule has 0 fully saturated rings. The van der Waals surface area contributed by atoms with Gasteiger partial charge in [0.25, 0.3) is 11.8 Å². The summed E-state index contributed by atoms with van der Waals surface area (Å²) < 4.78 is 0.623. The predicted molar refractivity (Wildman–Crippen MR) is 82.2 cm³/mol. The van der Waals surface area contributed by atoms with Crippen molar-refractivity contribution in [2.75, 3.05) is 6.54 Å². The van der Waals surface area contributed by atoms with Crippen molar-refractivity contribution in [1.29, 1.82) is 0 Å². The summed E-state index contributed by atoms with van der Waals surface area (Å²) in [5.41, 5.74) is 4.35. The van der Waals surface area contributed by atoms with Gasteiger partial charge in [-0.05, 0) is 28.1 Å². The highest BCUT2D eigenvalue weighted by molar-refractivity contribution is 9.10. The minimum absolute atomic E-state index is 0.202. The van der Waals surface area contributed by atoms with E-state index in [2.05, 4.69) is 32.1 Å². The fourth-order valence-corrected chi connectivity index (χ4v) is 1.77. The Morgan fingerprint density at radius 1 is 1.10 bits per heavy atom. The van der Waals surface area contributed by atoms with E-state index in [1.807, 2.05) is 0 Å². The average molecular weight is 356 g/mol. The minimum atomic E-state index is -0.571. The standard InChI is InChI=1S/C14H18BrN3O3/c1-14(2,3)13(21)16-8-11(19)17-18-12(20)9-6-4-5-7-10(9)15/h4-7H,8H2,1-3H3,(H,16,21)(H,17,19)(H,18,20). The maximum atomic E-state index is 11.8. The van der Waals surface area contributed by atoms with E-state index in [1.54, 1.807) is 45.0 Å². The van der Waals surface area contributed by atoms with Crippen LogP contribution in [0, 0.1) is 5.41 Å². The highest BCUT2D eigenvalue weighted by atomic mass is 79.9. The molecule has 1 aromatic rings. The first-order valence-electron chi connectivity index (χ1n) is 6.34. The number of amides is 3. The number of hydrogen-bond acceptors (Lipinski definition) is 3. The highest BCUT2D eigenvalue weighted by Gasteiger charge is 2.21. The zero-order valence-electron chi connectivity index (χ0n) is 12.1. The summed E-state index contributed by atoms with van der Waals surface area (Å²) in [5, 5.41) is 2.49. The van der Waals surface area contributed by atoms with Crippen LogP contribution in [0.25, 0.3) is 0 Å². The molecule has 7 heteroatoms. The Balaban J connectivity index is 2.42. The molecule has 3 amide bonds. The Morgan fingerprint density at radius 2 is 1.71 bits per heavy atom. The van der Waals surface area contributed by atoms with Gasteiger partial charge in [-0.2, -0.15) is 0 Å². The predicted octanol–water partition coefficient (Wildman–Crippen LogP) is 1.37. The molecule has 0 unspecified atom stereocenters.